The van der Waals surface area contributed by atoms with E-state index in [0.717, 1.165) is 30.7 Å². The second-order valence-corrected chi connectivity index (χ2v) is 6.17. The average Bonchev–Trinajstić information content (AvgIpc) is 3.07. The number of benzene rings is 1. The van der Waals surface area contributed by atoms with Gasteiger partial charge in [0.15, 0.2) is 5.11 Å². The number of allylic oxidation sites excluding steroid dienone is 2. The predicted octanol–water partition coefficient (Wildman–Crippen LogP) is 3.09. The fourth-order valence-corrected chi connectivity index (χ4v) is 3.81. The van der Waals surface area contributed by atoms with Crippen LogP contribution in [0.3, 0.4) is 0 Å². The maximum Gasteiger partial charge on any atom is 0.171 e. The van der Waals surface area contributed by atoms with Crippen LogP contribution in [0.5, 0.6) is 5.75 Å². The molecule has 1 heterocycles. The van der Waals surface area contributed by atoms with Crippen LogP contribution in [0, 0.1) is 0 Å². The molecule has 112 valence electrons. The van der Waals surface area contributed by atoms with Gasteiger partial charge in [0.2, 0.25) is 0 Å². The Balaban J connectivity index is 1.85. The number of fused-ring (bicyclic) bond motifs is 2. The Hall–Kier alpha value is -2.07. The molecule has 2 N–H and O–H groups in total. The minimum absolute atomic E-state index is 0.196. The Labute approximate surface area is 135 Å². The Morgan fingerprint density at radius 1 is 1.27 bits per heavy atom. The van der Waals surface area contributed by atoms with Crippen LogP contribution in [0.25, 0.3) is 5.70 Å². The third-order valence-electron chi connectivity index (χ3n) is 4.58. The van der Waals surface area contributed by atoms with Crippen LogP contribution in [-0.4, -0.2) is 18.3 Å². The van der Waals surface area contributed by atoms with E-state index in [9.17, 15) is 0 Å². The average molecular weight is 310 g/mol. The molecule has 4 heteroatoms. The van der Waals surface area contributed by atoms with Crippen LogP contribution in [0.15, 0.2) is 47.6 Å². The van der Waals surface area contributed by atoms with Crippen molar-refractivity contribution in [3.05, 3.63) is 58.7 Å². The molecular weight excluding hydrogens is 292 g/mol. The van der Waals surface area contributed by atoms with Crippen LogP contribution in [0.1, 0.15) is 24.0 Å². The lowest BCUT2D eigenvalue weighted by molar-refractivity contribution is 0.408. The van der Waals surface area contributed by atoms with Crippen LogP contribution in [-0.2, 0) is 6.42 Å². The van der Waals surface area contributed by atoms with Gasteiger partial charge in [0.05, 0.1) is 13.2 Å². The molecule has 0 fully saturated rings. The number of hydrogen-bond donors (Lipinski definition) is 2. The lowest BCUT2D eigenvalue weighted by atomic mass is 9.82. The van der Waals surface area contributed by atoms with Gasteiger partial charge < -0.3 is 15.4 Å². The summed E-state index contributed by atoms with van der Waals surface area (Å²) in [6.07, 6.45) is 9.71. The van der Waals surface area contributed by atoms with Crippen molar-refractivity contribution in [2.75, 3.05) is 7.11 Å². The zero-order valence-electron chi connectivity index (χ0n) is 12.5. The summed E-state index contributed by atoms with van der Waals surface area (Å²) in [5.74, 6) is 0.965. The van der Waals surface area contributed by atoms with Crippen LogP contribution in [0.2, 0.25) is 0 Å². The van der Waals surface area contributed by atoms with Crippen molar-refractivity contribution in [2.45, 2.75) is 25.3 Å². The third kappa shape index (κ3) is 2.06. The third-order valence-corrected chi connectivity index (χ3v) is 4.80. The van der Waals surface area contributed by atoms with E-state index in [1.807, 2.05) is 12.1 Å². The van der Waals surface area contributed by atoms with E-state index in [0.29, 0.717) is 5.11 Å². The normalized spacial score (nSPS) is 22.5. The van der Waals surface area contributed by atoms with E-state index >= 15 is 0 Å². The fourth-order valence-electron chi connectivity index (χ4n) is 3.59. The van der Waals surface area contributed by atoms with Gasteiger partial charge >= 0.3 is 0 Å². The van der Waals surface area contributed by atoms with E-state index < -0.39 is 0 Å². The van der Waals surface area contributed by atoms with E-state index in [-0.39, 0.29) is 6.04 Å². The molecule has 1 aliphatic heterocycles. The number of nitrogens with one attached hydrogen (secondary N) is 2. The highest BCUT2D eigenvalue weighted by Gasteiger charge is 2.32. The molecule has 2 aliphatic carbocycles. The SMILES string of the molecule is COc1cccc2c1CCC1=C2NC(=S)NC1C1=CCC=C1. The highest BCUT2D eigenvalue weighted by molar-refractivity contribution is 7.80. The Bertz CT molecular complexity index is 745. The second-order valence-electron chi connectivity index (χ2n) is 5.76. The molecule has 4 rings (SSSR count). The molecule has 1 aromatic carbocycles. The minimum Gasteiger partial charge on any atom is -0.496 e. The first-order valence-electron chi connectivity index (χ1n) is 7.61. The zero-order valence-corrected chi connectivity index (χ0v) is 13.3. The van der Waals surface area contributed by atoms with Crippen molar-refractivity contribution in [2.24, 2.45) is 0 Å². The molecule has 0 aromatic heterocycles. The predicted molar refractivity (Wildman–Crippen MR) is 92.7 cm³/mol. The van der Waals surface area contributed by atoms with Gasteiger partial charge in [-0.05, 0) is 48.7 Å². The fraction of sp³-hybridized carbons (Fsp3) is 0.278. The van der Waals surface area contributed by atoms with Gasteiger partial charge in [-0.2, -0.15) is 0 Å². The summed E-state index contributed by atoms with van der Waals surface area (Å²) < 4.78 is 5.52. The molecular formula is C18H18N2OS. The lowest BCUT2D eigenvalue weighted by Crippen LogP contribution is -2.49. The maximum absolute atomic E-state index is 5.52. The summed E-state index contributed by atoms with van der Waals surface area (Å²) in [7, 11) is 1.73. The number of thiocarbonyl (C=S) groups is 1. The number of ether oxygens (including phenoxy) is 1. The molecule has 22 heavy (non-hydrogen) atoms. The summed E-state index contributed by atoms with van der Waals surface area (Å²) in [5, 5.41) is 7.50. The second kappa shape index (κ2) is 5.29. The van der Waals surface area contributed by atoms with Gasteiger partial charge in [-0.25, -0.2) is 0 Å². The quantitative estimate of drug-likeness (QED) is 0.823. The zero-order chi connectivity index (χ0) is 15.1. The van der Waals surface area contributed by atoms with Gasteiger partial charge in [0, 0.05) is 16.8 Å². The lowest BCUT2D eigenvalue weighted by Gasteiger charge is -2.36. The molecule has 0 spiro atoms. The molecule has 1 atom stereocenters. The highest BCUT2D eigenvalue weighted by Crippen LogP contribution is 2.39. The number of rotatable bonds is 2. The van der Waals surface area contributed by atoms with Crippen molar-refractivity contribution >= 4 is 23.0 Å². The van der Waals surface area contributed by atoms with Crippen molar-refractivity contribution in [1.29, 1.82) is 0 Å². The Morgan fingerprint density at radius 3 is 2.95 bits per heavy atom. The molecule has 0 radical (unpaired) electrons. The summed E-state index contributed by atoms with van der Waals surface area (Å²) in [6.45, 7) is 0. The highest BCUT2D eigenvalue weighted by atomic mass is 32.1. The molecule has 0 saturated heterocycles. The van der Waals surface area contributed by atoms with Crippen LogP contribution >= 0.6 is 12.2 Å². The Kier molecular flexibility index (Phi) is 3.26. The van der Waals surface area contributed by atoms with Gasteiger partial charge in [-0.1, -0.05) is 30.4 Å². The van der Waals surface area contributed by atoms with E-state index in [1.165, 1.54) is 22.3 Å². The smallest absolute Gasteiger partial charge is 0.171 e. The van der Waals surface area contributed by atoms with E-state index in [1.54, 1.807) is 7.11 Å². The molecule has 3 nitrogen and oxygen atoms in total. The van der Waals surface area contributed by atoms with Gasteiger partial charge in [-0.3, -0.25) is 0 Å². The summed E-state index contributed by atoms with van der Waals surface area (Å²) in [5.41, 5.74) is 6.37. The summed E-state index contributed by atoms with van der Waals surface area (Å²) in [6, 6.07) is 6.43. The molecule has 0 amide bonds. The van der Waals surface area contributed by atoms with Crippen molar-refractivity contribution in [3.8, 4) is 5.75 Å². The monoisotopic (exact) mass is 310 g/mol. The largest absolute Gasteiger partial charge is 0.496 e. The first-order valence-corrected chi connectivity index (χ1v) is 8.02. The van der Waals surface area contributed by atoms with Crippen LogP contribution < -0.4 is 15.4 Å². The van der Waals surface area contributed by atoms with Crippen molar-refractivity contribution in [3.63, 3.8) is 0 Å². The van der Waals surface area contributed by atoms with Gasteiger partial charge in [0.25, 0.3) is 0 Å². The van der Waals surface area contributed by atoms with Gasteiger partial charge in [-0.15, -0.1) is 0 Å². The van der Waals surface area contributed by atoms with E-state index in [4.69, 9.17) is 17.0 Å². The molecule has 1 aromatic rings. The minimum atomic E-state index is 0.196. The number of hydrogen-bond acceptors (Lipinski definition) is 2. The molecule has 0 bridgehead atoms. The first kappa shape index (κ1) is 13.6. The first-order chi connectivity index (χ1) is 10.8. The molecule has 3 aliphatic rings. The summed E-state index contributed by atoms with van der Waals surface area (Å²) >= 11 is 5.44. The standard InChI is InChI=1S/C18H18N2OS/c1-21-15-8-4-7-13-12(15)9-10-14-16(11-5-2-3-6-11)19-18(22)20-17(13)14/h2,4-8,16H,3,9-10H2,1H3,(H2,19,20,22). The van der Waals surface area contributed by atoms with Crippen LogP contribution in [0.4, 0.5) is 0 Å². The summed E-state index contributed by atoms with van der Waals surface area (Å²) in [4.78, 5) is 0. The van der Waals surface area contributed by atoms with Crippen molar-refractivity contribution < 1.29 is 4.74 Å². The molecule has 1 unspecified atom stereocenters. The maximum atomic E-state index is 5.52. The number of methoxy groups -OCH3 is 1. The van der Waals surface area contributed by atoms with E-state index in [2.05, 4.69) is 34.9 Å². The van der Waals surface area contributed by atoms with Crippen molar-refractivity contribution in [1.82, 2.24) is 10.6 Å². The Morgan fingerprint density at radius 2 is 2.18 bits per heavy atom. The topological polar surface area (TPSA) is 33.3 Å². The van der Waals surface area contributed by atoms with Gasteiger partial charge in [0.1, 0.15) is 5.75 Å². The molecule has 0 saturated carbocycles.